The second kappa shape index (κ2) is 9.70. The third-order valence-electron chi connectivity index (χ3n) is 5.38. The normalized spacial score (nSPS) is 12.8. The van der Waals surface area contributed by atoms with Crippen molar-refractivity contribution in [1.82, 2.24) is 10.3 Å². The second-order valence-corrected chi connectivity index (χ2v) is 9.62. The predicted molar refractivity (Wildman–Crippen MR) is 133 cm³/mol. The first-order chi connectivity index (χ1) is 15.8. The van der Waals surface area contributed by atoms with Crippen molar-refractivity contribution in [2.45, 2.75) is 6.10 Å². The van der Waals surface area contributed by atoms with Gasteiger partial charge in [0.15, 0.2) is 0 Å². The summed E-state index contributed by atoms with van der Waals surface area (Å²) in [6.07, 6.45) is 0.818. The molecule has 4 aromatic rings. The van der Waals surface area contributed by atoms with Crippen molar-refractivity contribution in [1.29, 1.82) is 0 Å². The summed E-state index contributed by atoms with van der Waals surface area (Å²) in [6.45, 7) is 1.64. The Kier molecular flexibility index (Phi) is 6.73. The first-order valence-corrected chi connectivity index (χ1v) is 12.5. The van der Waals surface area contributed by atoms with Gasteiger partial charge in [-0.15, -0.1) is 0 Å². The number of fused-ring (bicyclic) bond motifs is 3. The first kappa shape index (κ1) is 22.9. The highest BCUT2D eigenvalue weighted by atomic mass is 32.2. The predicted octanol–water partition coefficient (Wildman–Crippen LogP) is 3.63. The van der Waals surface area contributed by atoms with Crippen LogP contribution in [0.3, 0.4) is 0 Å². The number of nitrogen functional groups attached to an aromatic ring is 1. The molecule has 0 aliphatic heterocycles. The average Bonchev–Trinajstić information content (AvgIpc) is 3.15. The Hall–Kier alpha value is -3.27. The molecule has 33 heavy (non-hydrogen) atoms. The van der Waals surface area contributed by atoms with Crippen LogP contribution in [0.5, 0.6) is 5.75 Å². The van der Waals surface area contributed by atoms with Crippen molar-refractivity contribution in [3.8, 4) is 5.75 Å². The number of hydrogen-bond acceptors (Lipinski definition) is 6. The van der Waals surface area contributed by atoms with Gasteiger partial charge < -0.3 is 25.5 Å². The summed E-state index contributed by atoms with van der Waals surface area (Å²) >= 11 is 0. The van der Waals surface area contributed by atoms with Crippen molar-refractivity contribution >= 4 is 43.2 Å². The fourth-order valence-electron chi connectivity index (χ4n) is 3.80. The van der Waals surface area contributed by atoms with E-state index in [1.807, 2.05) is 30.3 Å². The van der Waals surface area contributed by atoms with Gasteiger partial charge in [0, 0.05) is 42.6 Å². The lowest BCUT2D eigenvalue weighted by Crippen LogP contribution is -2.27. The number of para-hydroxylation sites is 1. The lowest BCUT2D eigenvalue weighted by atomic mass is 10.1. The second-order valence-electron chi connectivity index (χ2n) is 7.88. The molecule has 1 aromatic heterocycles. The maximum Gasteiger partial charge on any atom is 0.229 e. The van der Waals surface area contributed by atoms with E-state index in [4.69, 9.17) is 15.2 Å². The molecule has 1 heterocycles. The van der Waals surface area contributed by atoms with Gasteiger partial charge >= 0.3 is 0 Å². The molecule has 0 aliphatic rings. The van der Waals surface area contributed by atoms with Crippen LogP contribution in [0.4, 0.5) is 11.4 Å². The largest absolute Gasteiger partial charge is 0.492 e. The number of sulfonamides is 1. The fourth-order valence-corrected chi connectivity index (χ4v) is 4.37. The van der Waals surface area contributed by atoms with Gasteiger partial charge in [-0.1, -0.05) is 24.3 Å². The molecule has 5 N–H and O–H groups in total. The van der Waals surface area contributed by atoms with E-state index in [0.717, 1.165) is 28.6 Å². The van der Waals surface area contributed by atoms with Crippen LogP contribution >= 0.6 is 0 Å². The number of anilines is 2. The maximum atomic E-state index is 11.6. The van der Waals surface area contributed by atoms with Crippen LogP contribution in [0.2, 0.25) is 0 Å². The number of aromatic amines is 1. The van der Waals surface area contributed by atoms with E-state index in [1.54, 1.807) is 19.2 Å². The summed E-state index contributed by atoms with van der Waals surface area (Å²) in [4.78, 5) is 3.42. The number of ether oxygens (including phenoxy) is 2. The van der Waals surface area contributed by atoms with Crippen LogP contribution in [0.25, 0.3) is 21.8 Å². The minimum Gasteiger partial charge on any atom is -0.492 e. The number of benzene rings is 3. The highest BCUT2D eigenvalue weighted by Crippen LogP contribution is 2.28. The third kappa shape index (κ3) is 5.57. The zero-order chi connectivity index (χ0) is 23.4. The molecule has 9 heteroatoms. The SMILES string of the molecule is COC(CNCCOc1ccc2c(c1)[nH]c1ccccc12)c1ccc(N)c(NS(C)(=O)=O)c1. The number of H-pyrrole nitrogens is 1. The van der Waals surface area contributed by atoms with Gasteiger partial charge in [-0.05, 0) is 35.9 Å². The number of nitrogens with two attached hydrogens (primary N) is 1. The molecule has 174 valence electrons. The monoisotopic (exact) mass is 468 g/mol. The van der Waals surface area contributed by atoms with Gasteiger partial charge in [0.05, 0.1) is 29.3 Å². The van der Waals surface area contributed by atoms with Crippen LogP contribution in [-0.2, 0) is 14.8 Å². The molecule has 8 nitrogen and oxygen atoms in total. The Labute approximate surface area is 193 Å². The van der Waals surface area contributed by atoms with Gasteiger partial charge in [0.2, 0.25) is 10.0 Å². The Morgan fingerprint density at radius 2 is 1.82 bits per heavy atom. The number of hydrogen-bond donors (Lipinski definition) is 4. The lowest BCUT2D eigenvalue weighted by Gasteiger charge is -2.18. The van der Waals surface area contributed by atoms with Gasteiger partial charge in [0.1, 0.15) is 12.4 Å². The molecule has 1 unspecified atom stereocenters. The van der Waals surface area contributed by atoms with Crippen LogP contribution in [0.1, 0.15) is 11.7 Å². The van der Waals surface area contributed by atoms with Crippen molar-refractivity contribution in [3.63, 3.8) is 0 Å². The molecular formula is C24H28N4O4S. The smallest absolute Gasteiger partial charge is 0.229 e. The number of methoxy groups -OCH3 is 1. The van der Waals surface area contributed by atoms with E-state index in [1.165, 1.54) is 10.8 Å². The molecule has 0 saturated heterocycles. The highest BCUT2D eigenvalue weighted by molar-refractivity contribution is 7.92. The summed E-state index contributed by atoms with van der Waals surface area (Å²) in [6, 6.07) is 19.5. The molecule has 4 rings (SSSR count). The van der Waals surface area contributed by atoms with E-state index >= 15 is 0 Å². The minimum atomic E-state index is -3.43. The van der Waals surface area contributed by atoms with Gasteiger partial charge in [-0.2, -0.15) is 0 Å². The van der Waals surface area contributed by atoms with E-state index in [0.29, 0.717) is 31.1 Å². The number of aromatic nitrogens is 1. The number of rotatable bonds is 10. The molecule has 0 fully saturated rings. The van der Waals surface area contributed by atoms with E-state index in [9.17, 15) is 8.42 Å². The summed E-state index contributed by atoms with van der Waals surface area (Å²) in [5.74, 6) is 0.800. The third-order valence-corrected chi connectivity index (χ3v) is 5.97. The van der Waals surface area contributed by atoms with Crippen LogP contribution in [0, 0.1) is 0 Å². The van der Waals surface area contributed by atoms with E-state index in [-0.39, 0.29) is 6.10 Å². The van der Waals surface area contributed by atoms with Crippen molar-refractivity contribution < 1.29 is 17.9 Å². The average molecular weight is 469 g/mol. The fraction of sp³-hybridized carbons (Fsp3) is 0.250. The van der Waals surface area contributed by atoms with Gasteiger partial charge in [-0.3, -0.25) is 4.72 Å². The van der Waals surface area contributed by atoms with Crippen molar-refractivity contribution in [3.05, 3.63) is 66.2 Å². The van der Waals surface area contributed by atoms with Gasteiger partial charge in [-0.25, -0.2) is 8.42 Å². The summed E-state index contributed by atoms with van der Waals surface area (Å²) in [5, 5.41) is 5.69. The maximum absolute atomic E-state index is 11.6. The molecule has 0 aliphatic carbocycles. The van der Waals surface area contributed by atoms with E-state index < -0.39 is 10.0 Å². The highest BCUT2D eigenvalue weighted by Gasteiger charge is 2.14. The van der Waals surface area contributed by atoms with Crippen molar-refractivity contribution in [2.24, 2.45) is 0 Å². The number of nitrogens with one attached hydrogen (secondary N) is 3. The molecule has 3 aromatic carbocycles. The molecule has 0 spiro atoms. The Bertz CT molecular complexity index is 1370. The summed E-state index contributed by atoms with van der Waals surface area (Å²) < 4.78 is 37.0. The lowest BCUT2D eigenvalue weighted by molar-refractivity contribution is 0.101. The summed E-state index contributed by atoms with van der Waals surface area (Å²) in [5.41, 5.74) is 9.55. The van der Waals surface area contributed by atoms with Crippen LogP contribution < -0.4 is 20.5 Å². The van der Waals surface area contributed by atoms with Crippen LogP contribution in [0.15, 0.2) is 60.7 Å². The molecule has 0 radical (unpaired) electrons. The standard InChI is InChI=1S/C24H28N4O4S/c1-31-24(16-7-10-20(25)23(13-16)28-33(2,29)30)15-26-11-12-32-17-8-9-19-18-5-3-4-6-21(18)27-22(19)14-17/h3-10,13-14,24,26-28H,11-12,15,25H2,1-2H3. The quantitative estimate of drug-likeness (QED) is 0.208. The Morgan fingerprint density at radius 3 is 2.61 bits per heavy atom. The van der Waals surface area contributed by atoms with Crippen molar-refractivity contribution in [2.75, 3.05) is 43.5 Å². The van der Waals surface area contributed by atoms with Gasteiger partial charge in [0.25, 0.3) is 0 Å². The summed E-state index contributed by atoms with van der Waals surface area (Å²) in [7, 11) is -1.82. The minimum absolute atomic E-state index is 0.270. The molecule has 0 amide bonds. The molecule has 0 saturated carbocycles. The topological polar surface area (TPSA) is 118 Å². The molecule has 0 bridgehead atoms. The van der Waals surface area contributed by atoms with Crippen LogP contribution in [-0.4, -0.2) is 46.5 Å². The van der Waals surface area contributed by atoms with E-state index in [2.05, 4.69) is 33.2 Å². The zero-order valence-corrected chi connectivity index (χ0v) is 19.4. The molecular weight excluding hydrogens is 440 g/mol. The molecule has 1 atom stereocenters. The Morgan fingerprint density at radius 1 is 1.03 bits per heavy atom. The Balaban J connectivity index is 1.31. The first-order valence-electron chi connectivity index (χ1n) is 10.6. The zero-order valence-electron chi connectivity index (χ0n) is 18.6.